The van der Waals surface area contributed by atoms with Crippen molar-refractivity contribution in [3.8, 4) is 0 Å². The van der Waals surface area contributed by atoms with Crippen LogP contribution >= 0.6 is 25.3 Å². The largest absolute Gasteiger partial charge is 0.480 e. The fourth-order valence-corrected chi connectivity index (χ4v) is 3.05. The SMILES string of the molecule is NCCCCC(NC(=O)C(CS)NC(=O)C(CCCN=C(N)N)NC(=O)C(N)CS)C(=O)O. The molecule has 0 saturated carbocycles. The summed E-state index contributed by atoms with van der Waals surface area (Å²) in [7, 11) is 0. The minimum Gasteiger partial charge on any atom is -0.480 e. The van der Waals surface area contributed by atoms with Gasteiger partial charge in [-0.25, -0.2) is 4.79 Å². The molecule has 0 fully saturated rings. The van der Waals surface area contributed by atoms with Crippen molar-refractivity contribution in [1.29, 1.82) is 0 Å². The maximum absolute atomic E-state index is 12.8. The number of nitrogens with zero attached hydrogens (tertiary/aromatic N) is 1. The van der Waals surface area contributed by atoms with Crippen LogP contribution in [0.4, 0.5) is 0 Å². The van der Waals surface area contributed by atoms with Crippen molar-refractivity contribution in [2.75, 3.05) is 24.6 Å². The lowest BCUT2D eigenvalue weighted by Crippen LogP contribution is -2.57. The molecule has 12 N–H and O–H groups in total. The van der Waals surface area contributed by atoms with Crippen molar-refractivity contribution in [3.05, 3.63) is 0 Å². The molecule has 190 valence electrons. The van der Waals surface area contributed by atoms with E-state index in [0.717, 1.165) is 0 Å². The molecule has 0 aliphatic carbocycles. The van der Waals surface area contributed by atoms with Gasteiger partial charge in [0.05, 0.1) is 6.04 Å². The van der Waals surface area contributed by atoms with Crippen LogP contribution in [-0.4, -0.2) is 83.5 Å². The molecule has 15 heteroatoms. The second-order valence-corrected chi connectivity index (χ2v) is 7.96. The first-order chi connectivity index (χ1) is 15.6. The molecule has 0 aliphatic rings. The third-order valence-electron chi connectivity index (χ3n) is 4.49. The molecule has 0 spiro atoms. The van der Waals surface area contributed by atoms with E-state index in [9.17, 15) is 24.3 Å². The van der Waals surface area contributed by atoms with Gasteiger partial charge in [-0.1, -0.05) is 0 Å². The highest BCUT2D eigenvalue weighted by molar-refractivity contribution is 7.80. The number of carboxylic acids is 1. The summed E-state index contributed by atoms with van der Waals surface area (Å²) >= 11 is 8.04. The van der Waals surface area contributed by atoms with Gasteiger partial charge in [0.2, 0.25) is 17.7 Å². The van der Waals surface area contributed by atoms with Crippen molar-refractivity contribution in [3.63, 3.8) is 0 Å². The highest BCUT2D eigenvalue weighted by atomic mass is 32.1. The number of aliphatic carboxylic acids is 1. The molecule has 13 nitrogen and oxygen atoms in total. The summed E-state index contributed by atoms with van der Waals surface area (Å²) in [5.41, 5.74) is 21.6. The molecule has 3 amide bonds. The molecule has 4 unspecified atom stereocenters. The van der Waals surface area contributed by atoms with Crippen LogP contribution in [0, 0.1) is 0 Å². The number of aliphatic imine (C=N–C) groups is 1. The van der Waals surface area contributed by atoms with Crippen LogP contribution in [0.1, 0.15) is 32.1 Å². The second kappa shape index (κ2) is 17.3. The van der Waals surface area contributed by atoms with Gasteiger partial charge in [-0.15, -0.1) is 0 Å². The van der Waals surface area contributed by atoms with Crippen LogP contribution < -0.4 is 38.9 Å². The van der Waals surface area contributed by atoms with Crippen LogP contribution in [0.25, 0.3) is 0 Å². The summed E-state index contributed by atoms with van der Waals surface area (Å²) in [5.74, 6) is -3.31. The summed E-state index contributed by atoms with van der Waals surface area (Å²) in [6.45, 7) is 0.628. The van der Waals surface area contributed by atoms with E-state index < -0.39 is 47.9 Å². The number of carboxylic acid groups (broad SMARTS) is 1. The topological polar surface area (TPSA) is 241 Å². The first-order valence-electron chi connectivity index (χ1n) is 10.4. The lowest BCUT2D eigenvalue weighted by Gasteiger charge is -2.24. The van der Waals surface area contributed by atoms with Crippen LogP contribution in [0.15, 0.2) is 4.99 Å². The third kappa shape index (κ3) is 13.2. The molecule has 0 aromatic rings. The molecule has 0 rings (SSSR count). The quantitative estimate of drug-likeness (QED) is 0.0413. The molecule has 0 bridgehead atoms. The standard InChI is InChI=1S/C18H36N8O5S2/c19-6-2-1-4-12(17(30)31)25-16(29)13(9-33)26-15(28)11(5-3-7-23-18(21)22)24-14(27)10(20)8-32/h10-13,32-33H,1-9,19-20H2,(H,24,27)(H,25,29)(H,26,28)(H,30,31)(H4,21,22,23). The summed E-state index contributed by atoms with van der Waals surface area (Å²) in [6.07, 6.45) is 1.83. The minimum atomic E-state index is -1.20. The average molecular weight is 509 g/mol. The highest BCUT2D eigenvalue weighted by Crippen LogP contribution is 2.04. The predicted molar refractivity (Wildman–Crippen MR) is 132 cm³/mol. The van der Waals surface area contributed by atoms with Crippen LogP contribution in [-0.2, 0) is 19.2 Å². The van der Waals surface area contributed by atoms with Crippen LogP contribution in [0.2, 0.25) is 0 Å². The zero-order chi connectivity index (χ0) is 25.4. The summed E-state index contributed by atoms with van der Waals surface area (Å²) in [6, 6.07) is -4.23. The number of rotatable bonds is 17. The zero-order valence-corrected chi connectivity index (χ0v) is 20.2. The Kier molecular flexibility index (Phi) is 16.1. The van der Waals surface area contributed by atoms with E-state index in [4.69, 9.17) is 22.9 Å². The summed E-state index contributed by atoms with van der Waals surface area (Å²) in [5, 5.41) is 16.7. The number of carbonyl (C=O) groups is 4. The van der Waals surface area contributed by atoms with Gasteiger partial charge < -0.3 is 44.0 Å². The molecule has 0 aromatic carbocycles. The molecule has 0 heterocycles. The van der Waals surface area contributed by atoms with Crippen LogP contribution in [0.3, 0.4) is 0 Å². The van der Waals surface area contributed by atoms with Gasteiger partial charge in [0.15, 0.2) is 5.96 Å². The van der Waals surface area contributed by atoms with Crippen molar-refractivity contribution < 1.29 is 24.3 Å². The number of hydrogen-bond acceptors (Lipinski definition) is 9. The number of amides is 3. The van der Waals surface area contributed by atoms with E-state index in [1.807, 2.05) is 0 Å². The van der Waals surface area contributed by atoms with E-state index in [2.05, 4.69) is 46.2 Å². The number of nitrogens with two attached hydrogens (primary N) is 4. The Morgan fingerprint density at radius 3 is 1.88 bits per heavy atom. The predicted octanol–water partition coefficient (Wildman–Crippen LogP) is -3.11. The minimum absolute atomic E-state index is 0.0660. The molecular formula is C18H36N8O5S2. The van der Waals surface area contributed by atoms with E-state index in [1.165, 1.54) is 0 Å². The summed E-state index contributed by atoms with van der Waals surface area (Å²) in [4.78, 5) is 52.8. The van der Waals surface area contributed by atoms with Crippen molar-refractivity contribution in [2.45, 2.75) is 56.3 Å². The van der Waals surface area contributed by atoms with Gasteiger partial charge in [-0.3, -0.25) is 19.4 Å². The molecular weight excluding hydrogens is 472 g/mol. The van der Waals surface area contributed by atoms with E-state index in [-0.39, 0.29) is 36.9 Å². The number of nitrogens with one attached hydrogen (secondary N) is 3. The Hall–Kier alpha value is -2.23. The van der Waals surface area contributed by atoms with Gasteiger partial charge >= 0.3 is 5.97 Å². The number of hydrogen-bond donors (Lipinski definition) is 10. The van der Waals surface area contributed by atoms with Gasteiger partial charge in [-0.05, 0) is 38.6 Å². The maximum atomic E-state index is 12.8. The molecule has 0 aromatic heterocycles. The molecule has 0 radical (unpaired) electrons. The number of unbranched alkanes of at least 4 members (excludes halogenated alkanes) is 1. The molecule has 0 aliphatic heterocycles. The Balaban J connectivity index is 5.21. The van der Waals surface area contributed by atoms with E-state index in [1.54, 1.807) is 0 Å². The number of thiol groups is 2. The van der Waals surface area contributed by atoms with Gasteiger partial charge in [0.1, 0.15) is 18.1 Å². The molecule has 4 atom stereocenters. The Morgan fingerprint density at radius 2 is 1.36 bits per heavy atom. The maximum Gasteiger partial charge on any atom is 0.326 e. The van der Waals surface area contributed by atoms with Crippen molar-refractivity contribution in [2.24, 2.45) is 27.9 Å². The van der Waals surface area contributed by atoms with Gasteiger partial charge in [0, 0.05) is 18.1 Å². The number of guanidine groups is 1. The normalized spacial score (nSPS) is 14.3. The van der Waals surface area contributed by atoms with Crippen molar-refractivity contribution in [1.82, 2.24) is 16.0 Å². The second-order valence-electron chi connectivity index (χ2n) is 7.23. The lowest BCUT2D eigenvalue weighted by atomic mass is 10.1. The van der Waals surface area contributed by atoms with Crippen molar-refractivity contribution >= 4 is 54.9 Å². The third-order valence-corrected chi connectivity index (χ3v) is 5.25. The van der Waals surface area contributed by atoms with E-state index >= 15 is 0 Å². The molecule has 0 saturated heterocycles. The zero-order valence-electron chi connectivity index (χ0n) is 18.4. The van der Waals surface area contributed by atoms with Gasteiger partial charge in [0.25, 0.3) is 0 Å². The summed E-state index contributed by atoms with van der Waals surface area (Å²) < 4.78 is 0. The fraction of sp³-hybridized carbons (Fsp3) is 0.722. The lowest BCUT2D eigenvalue weighted by molar-refractivity contribution is -0.142. The monoisotopic (exact) mass is 508 g/mol. The Labute approximate surface area is 204 Å². The molecule has 33 heavy (non-hydrogen) atoms. The first kappa shape index (κ1) is 30.8. The van der Waals surface area contributed by atoms with E-state index in [0.29, 0.717) is 25.8 Å². The van der Waals surface area contributed by atoms with Crippen LogP contribution in [0.5, 0.6) is 0 Å². The Morgan fingerprint density at radius 1 is 0.818 bits per heavy atom. The average Bonchev–Trinajstić information content (AvgIpc) is 2.77. The first-order valence-corrected chi connectivity index (χ1v) is 11.7. The fourth-order valence-electron chi connectivity index (χ4n) is 2.62. The Bertz CT molecular complexity index is 678. The van der Waals surface area contributed by atoms with Gasteiger partial charge in [-0.2, -0.15) is 25.3 Å². The smallest absolute Gasteiger partial charge is 0.326 e. The highest BCUT2D eigenvalue weighted by Gasteiger charge is 2.29. The number of carbonyl (C=O) groups excluding carboxylic acids is 3.